The van der Waals surface area contributed by atoms with E-state index in [4.69, 9.17) is 14.2 Å². The van der Waals surface area contributed by atoms with Crippen molar-refractivity contribution < 1.29 is 23.8 Å². The van der Waals surface area contributed by atoms with E-state index in [-0.39, 0.29) is 18.5 Å². The minimum absolute atomic E-state index is 0.0981. The molecule has 0 fully saturated rings. The lowest BCUT2D eigenvalue weighted by Gasteiger charge is -2.18. The SMILES string of the molecule is CCCCCCCCCCCCCCCCCCCCCC(=O)OC[C@@H](COCCCCCCCCCCCCCCCCCC)OC(=O)CCCCCCCCCCCCC. The number of ether oxygens (including phenoxy) is 3. The van der Waals surface area contributed by atoms with E-state index in [0.29, 0.717) is 26.1 Å². The topological polar surface area (TPSA) is 61.8 Å². The van der Waals surface area contributed by atoms with Gasteiger partial charge in [0.2, 0.25) is 0 Å². The Morgan fingerprint density at radius 3 is 0.823 bits per heavy atom. The van der Waals surface area contributed by atoms with Crippen molar-refractivity contribution in [2.75, 3.05) is 19.8 Å². The molecular weight excluding hydrogens is 765 g/mol. The molecule has 0 saturated heterocycles. The molecule has 0 aliphatic rings. The first kappa shape index (κ1) is 60.9. The van der Waals surface area contributed by atoms with Crippen molar-refractivity contribution in [1.29, 1.82) is 0 Å². The van der Waals surface area contributed by atoms with Crippen LogP contribution in [0.2, 0.25) is 0 Å². The number of hydrogen-bond acceptors (Lipinski definition) is 5. The predicted molar refractivity (Wildman–Crippen MR) is 270 cm³/mol. The van der Waals surface area contributed by atoms with Crippen molar-refractivity contribution in [1.82, 2.24) is 0 Å². The molecule has 0 rings (SSSR count). The van der Waals surface area contributed by atoms with Crippen LogP contribution < -0.4 is 0 Å². The number of hydrogen-bond donors (Lipinski definition) is 0. The molecule has 0 spiro atoms. The van der Waals surface area contributed by atoms with Crippen molar-refractivity contribution in [2.45, 2.75) is 335 Å². The highest BCUT2D eigenvalue weighted by Crippen LogP contribution is 2.17. The van der Waals surface area contributed by atoms with E-state index in [2.05, 4.69) is 20.8 Å². The normalized spacial score (nSPS) is 12.0. The summed E-state index contributed by atoms with van der Waals surface area (Å²) in [5, 5.41) is 0. The van der Waals surface area contributed by atoms with Gasteiger partial charge in [0.25, 0.3) is 0 Å². The van der Waals surface area contributed by atoms with Crippen LogP contribution in [-0.2, 0) is 23.8 Å². The Hall–Kier alpha value is -1.10. The van der Waals surface area contributed by atoms with Crippen LogP contribution >= 0.6 is 0 Å². The molecule has 0 aromatic carbocycles. The summed E-state index contributed by atoms with van der Waals surface area (Å²) in [7, 11) is 0. The molecule has 5 heteroatoms. The molecule has 0 saturated carbocycles. The van der Waals surface area contributed by atoms with Gasteiger partial charge in [-0.05, 0) is 19.3 Å². The summed E-state index contributed by atoms with van der Waals surface area (Å²) >= 11 is 0. The third-order valence-corrected chi connectivity index (χ3v) is 13.1. The molecule has 0 aliphatic heterocycles. The minimum Gasteiger partial charge on any atom is -0.462 e. The van der Waals surface area contributed by atoms with E-state index in [1.165, 1.54) is 263 Å². The van der Waals surface area contributed by atoms with Gasteiger partial charge in [-0.3, -0.25) is 9.59 Å². The minimum atomic E-state index is -0.523. The molecule has 0 heterocycles. The summed E-state index contributed by atoms with van der Waals surface area (Å²) < 4.78 is 17.5. The van der Waals surface area contributed by atoms with E-state index in [1.54, 1.807) is 0 Å². The van der Waals surface area contributed by atoms with Gasteiger partial charge in [-0.1, -0.05) is 297 Å². The molecule has 5 nitrogen and oxygen atoms in total. The third-order valence-electron chi connectivity index (χ3n) is 13.1. The summed E-state index contributed by atoms with van der Waals surface area (Å²) in [6.45, 7) is 7.92. The van der Waals surface area contributed by atoms with Gasteiger partial charge in [0.05, 0.1) is 6.61 Å². The zero-order chi connectivity index (χ0) is 44.9. The average molecular weight is 878 g/mol. The maximum absolute atomic E-state index is 12.8. The Morgan fingerprint density at radius 2 is 0.532 bits per heavy atom. The molecule has 62 heavy (non-hydrogen) atoms. The van der Waals surface area contributed by atoms with Crippen LogP contribution in [0.4, 0.5) is 0 Å². The molecule has 0 unspecified atom stereocenters. The second-order valence-corrected chi connectivity index (χ2v) is 19.6. The highest BCUT2D eigenvalue weighted by Gasteiger charge is 2.17. The summed E-state index contributed by atoms with van der Waals surface area (Å²) in [6, 6.07) is 0. The van der Waals surface area contributed by atoms with Crippen LogP contribution in [-0.4, -0.2) is 37.9 Å². The maximum atomic E-state index is 12.8. The fourth-order valence-corrected chi connectivity index (χ4v) is 8.87. The van der Waals surface area contributed by atoms with Crippen molar-refractivity contribution in [2.24, 2.45) is 0 Å². The fourth-order valence-electron chi connectivity index (χ4n) is 8.87. The lowest BCUT2D eigenvalue weighted by molar-refractivity contribution is -0.163. The van der Waals surface area contributed by atoms with E-state index in [1.807, 2.05) is 0 Å². The molecule has 1 atom stereocenters. The Kier molecular flexibility index (Phi) is 53.3. The van der Waals surface area contributed by atoms with Crippen LogP contribution in [0.5, 0.6) is 0 Å². The number of rotatable bonds is 54. The largest absolute Gasteiger partial charge is 0.462 e. The van der Waals surface area contributed by atoms with Crippen molar-refractivity contribution >= 4 is 11.9 Å². The predicted octanol–water partition coefficient (Wildman–Crippen LogP) is 19.2. The highest BCUT2D eigenvalue weighted by atomic mass is 16.6. The molecule has 0 N–H and O–H groups in total. The molecule has 0 aromatic rings. The Bertz CT molecular complexity index is 860. The van der Waals surface area contributed by atoms with Crippen LogP contribution in [0.1, 0.15) is 329 Å². The van der Waals surface area contributed by atoms with E-state index in [9.17, 15) is 9.59 Å². The van der Waals surface area contributed by atoms with E-state index >= 15 is 0 Å². The number of unbranched alkanes of at least 4 members (excludes halogenated alkanes) is 43. The third kappa shape index (κ3) is 51.5. The number of carbonyl (C=O) groups is 2. The highest BCUT2D eigenvalue weighted by molar-refractivity contribution is 5.70. The van der Waals surface area contributed by atoms with Crippen molar-refractivity contribution in [3.63, 3.8) is 0 Å². The summed E-state index contributed by atoms with van der Waals surface area (Å²) in [5.41, 5.74) is 0. The van der Waals surface area contributed by atoms with Crippen molar-refractivity contribution in [3.8, 4) is 0 Å². The lowest BCUT2D eigenvalue weighted by Crippen LogP contribution is -2.30. The van der Waals surface area contributed by atoms with Gasteiger partial charge < -0.3 is 14.2 Å². The number of carbonyl (C=O) groups excluding carboxylic acids is 2. The monoisotopic (exact) mass is 877 g/mol. The van der Waals surface area contributed by atoms with E-state index < -0.39 is 6.10 Å². The molecule has 0 bridgehead atoms. The fraction of sp³-hybridized carbons (Fsp3) is 0.965. The van der Waals surface area contributed by atoms with Crippen LogP contribution in [0.25, 0.3) is 0 Å². The average Bonchev–Trinajstić information content (AvgIpc) is 3.27. The first-order valence-corrected chi connectivity index (χ1v) is 28.6. The first-order valence-electron chi connectivity index (χ1n) is 28.6. The van der Waals surface area contributed by atoms with Crippen LogP contribution in [0.3, 0.4) is 0 Å². The smallest absolute Gasteiger partial charge is 0.306 e. The lowest BCUT2D eigenvalue weighted by atomic mass is 10.0. The standard InChI is InChI=1S/C57H112O5/c1-4-7-10-13-16-19-22-24-26-28-29-30-31-33-36-38-41-44-47-50-56(58)61-54-55(62-57(59)51-48-45-42-39-35-21-18-15-12-9-6-3)53-60-52-49-46-43-40-37-34-32-27-25-23-20-17-14-11-8-5-2/h55H,4-54H2,1-3H3/t55-/m1/s1. The molecule has 370 valence electrons. The maximum Gasteiger partial charge on any atom is 0.306 e. The second-order valence-electron chi connectivity index (χ2n) is 19.6. The number of esters is 2. The van der Waals surface area contributed by atoms with Gasteiger partial charge in [-0.15, -0.1) is 0 Å². The van der Waals surface area contributed by atoms with Crippen molar-refractivity contribution in [3.05, 3.63) is 0 Å². The van der Waals surface area contributed by atoms with Crippen LogP contribution in [0, 0.1) is 0 Å². The quantitative estimate of drug-likeness (QED) is 0.0450. The second kappa shape index (κ2) is 54.2. The van der Waals surface area contributed by atoms with E-state index in [0.717, 1.165) is 32.1 Å². The Morgan fingerprint density at radius 1 is 0.290 bits per heavy atom. The van der Waals surface area contributed by atoms with Gasteiger partial charge in [0.15, 0.2) is 6.10 Å². The summed E-state index contributed by atoms with van der Waals surface area (Å²) in [5.74, 6) is -0.368. The first-order chi connectivity index (χ1) is 30.6. The van der Waals surface area contributed by atoms with Crippen LogP contribution in [0.15, 0.2) is 0 Å². The van der Waals surface area contributed by atoms with Gasteiger partial charge >= 0.3 is 11.9 Å². The zero-order valence-corrected chi connectivity index (χ0v) is 42.7. The zero-order valence-electron chi connectivity index (χ0n) is 42.7. The van der Waals surface area contributed by atoms with Gasteiger partial charge in [-0.25, -0.2) is 0 Å². The summed E-state index contributed by atoms with van der Waals surface area (Å²) in [4.78, 5) is 25.4. The summed E-state index contributed by atoms with van der Waals surface area (Å²) in [6.07, 6.45) is 61.2. The molecule has 0 aliphatic carbocycles. The molecule has 0 amide bonds. The van der Waals surface area contributed by atoms with Gasteiger partial charge in [0, 0.05) is 19.4 Å². The van der Waals surface area contributed by atoms with Gasteiger partial charge in [-0.2, -0.15) is 0 Å². The molecule has 0 radical (unpaired) electrons. The Balaban J connectivity index is 4.12. The molecule has 0 aromatic heterocycles. The Labute approximate surface area is 389 Å². The molecular formula is C57H112O5. The van der Waals surface area contributed by atoms with Gasteiger partial charge in [0.1, 0.15) is 6.61 Å².